The van der Waals surface area contributed by atoms with Crippen molar-refractivity contribution in [1.29, 1.82) is 0 Å². The molecule has 0 aliphatic carbocycles. The van der Waals surface area contributed by atoms with Crippen LogP contribution in [0, 0.1) is 5.92 Å². The molecule has 0 fully saturated rings. The van der Waals surface area contributed by atoms with Crippen LogP contribution < -0.4 is 4.74 Å². The molecule has 0 bridgehead atoms. The highest BCUT2D eigenvalue weighted by atomic mass is 35.5. The van der Waals surface area contributed by atoms with Crippen molar-refractivity contribution >= 4 is 29.2 Å². The maximum absolute atomic E-state index is 13.3. The molecule has 0 saturated heterocycles. The highest BCUT2D eigenvalue weighted by Crippen LogP contribution is 2.45. The third-order valence-corrected chi connectivity index (χ3v) is 4.45. The van der Waals surface area contributed by atoms with Crippen molar-refractivity contribution in [3.8, 4) is 16.9 Å². The molecule has 1 N–H and O–H groups in total. The van der Waals surface area contributed by atoms with Gasteiger partial charge in [-0.1, -0.05) is 35.3 Å². The van der Waals surface area contributed by atoms with Crippen LogP contribution in [0.3, 0.4) is 0 Å². The Morgan fingerprint density at radius 2 is 1.76 bits per heavy atom. The average molecular weight is 391 g/mol. The average Bonchev–Trinajstić information content (AvgIpc) is 2.52. The molecular formula is C17H11Cl2F3O3. The highest BCUT2D eigenvalue weighted by Gasteiger charge is 2.52. The quantitative estimate of drug-likeness (QED) is 0.763. The van der Waals surface area contributed by atoms with Crippen molar-refractivity contribution in [2.24, 2.45) is 5.92 Å². The summed E-state index contributed by atoms with van der Waals surface area (Å²) >= 11 is 11.9. The Kier molecular flexibility index (Phi) is 4.60. The van der Waals surface area contributed by atoms with Gasteiger partial charge in [-0.05, 0) is 41.8 Å². The largest absolute Gasteiger partial charge is 0.481 e. The van der Waals surface area contributed by atoms with Crippen LogP contribution in [0.25, 0.3) is 11.1 Å². The lowest BCUT2D eigenvalue weighted by molar-refractivity contribution is -0.217. The van der Waals surface area contributed by atoms with Crippen LogP contribution >= 0.6 is 23.2 Å². The minimum Gasteiger partial charge on any atom is -0.481 e. The first kappa shape index (κ1) is 17.9. The van der Waals surface area contributed by atoms with Crippen LogP contribution in [0.15, 0.2) is 36.4 Å². The van der Waals surface area contributed by atoms with Crippen molar-refractivity contribution in [1.82, 2.24) is 0 Å². The summed E-state index contributed by atoms with van der Waals surface area (Å²) in [6, 6.07) is 9.35. The first-order valence-corrected chi connectivity index (χ1v) is 7.97. The fraction of sp³-hybridized carbons (Fsp3) is 0.235. The van der Waals surface area contributed by atoms with Gasteiger partial charge in [0.25, 0.3) is 0 Å². The molecule has 1 aliphatic rings. The molecule has 1 aliphatic heterocycles. The van der Waals surface area contributed by atoms with E-state index in [0.717, 1.165) is 0 Å². The summed E-state index contributed by atoms with van der Waals surface area (Å²) in [5.41, 5.74) is 1.25. The number of fused-ring (bicyclic) bond motifs is 1. The molecule has 1 heterocycles. The van der Waals surface area contributed by atoms with Crippen LogP contribution in [-0.4, -0.2) is 23.4 Å². The third-order valence-electron chi connectivity index (χ3n) is 3.98. The Hall–Kier alpha value is -1.92. The van der Waals surface area contributed by atoms with Gasteiger partial charge in [0.15, 0.2) is 0 Å². The Labute approximate surface area is 150 Å². The molecule has 0 amide bonds. The molecule has 2 aromatic rings. The molecule has 2 atom stereocenters. The Morgan fingerprint density at radius 3 is 2.32 bits per heavy atom. The van der Waals surface area contributed by atoms with Crippen LogP contribution in [0.1, 0.15) is 5.56 Å². The van der Waals surface area contributed by atoms with E-state index in [1.54, 1.807) is 24.3 Å². The minimum atomic E-state index is -4.81. The zero-order valence-corrected chi connectivity index (χ0v) is 14.0. The second kappa shape index (κ2) is 6.42. The Bertz CT molecular complexity index is 819. The molecule has 3 nitrogen and oxygen atoms in total. The summed E-state index contributed by atoms with van der Waals surface area (Å²) in [5, 5.41) is 9.91. The number of ether oxygens (including phenoxy) is 1. The number of alkyl halides is 3. The van der Waals surface area contributed by atoms with E-state index in [0.29, 0.717) is 21.7 Å². The van der Waals surface area contributed by atoms with Crippen molar-refractivity contribution in [2.45, 2.75) is 18.7 Å². The zero-order chi connectivity index (χ0) is 18.4. The number of rotatable bonds is 2. The van der Waals surface area contributed by atoms with E-state index in [4.69, 9.17) is 33.0 Å². The van der Waals surface area contributed by atoms with Gasteiger partial charge in [0.1, 0.15) is 11.7 Å². The van der Waals surface area contributed by atoms with Gasteiger partial charge in [0.05, 0.1) is 0 Å². The molecule has 2 aromatic carbocycles. The number of carboxylic acids is 1. The highest BCUT2D eigenvalue weighted by molar-refractivity contribution is 6.31. The molecule has 132 valence electrons. The number of hydrogen-bond donors (Lipinski definition) is 1. The second-order valence-electron chi connectivity index (χ2n) is 5.68. The maximum atomic E-state index is 13.3. The van der Waals surface area contributed by atoms with Gasteiger partial charge in [-0.3, -0.25) is 4.79 Å². The van der Waals surface area contributed by atoms with E-state index in [1.165, 1.54) is 12.1 Å². The SMILES string of the molecule is O=C(O)[C@@H]1Cc2cc(Cl)cc(-c3ccc(Cl)cc3)c2O[C@@H]1C(F)(F)F. The first-order valence-electron chi connectivity index (χ1n) is 7.21. The van der Waals surface area contributed by atoms with E-state index in [1.807, 2.05) is 0 Å². The summed E-state index contributed by atoms with van der Waals surface area (Å²) in [7, 11) is 0. The number of benzene rings is 2. The molecule has 0 spiro atoms. The Morgan fingerprint density at radius 1 is 1.12 bits per heavy atom. The van der Waals surface area contributed by atoms with Crippen LogP contribution in [0.2, 0.25) is 10.0 Å². The van der Waals surface area contributed by atoms with Crippen LogP contribution in [0.4, 0.5) is 13.2 Å². The Balaban J connectivity index is 2.14. The normalized spacial score (nSPS) is 19.9. The smallest absolute Gasteiger partial charge is 0.426 e. The van der Waals surface area contributed by atoms with Gasteiger partial charge in [0, 0.05) is 15.6 Å². The molecule has 3 rings (SSSR count). The van der Waals surface area contributed by atoms with Crippen LogP contribution in [-0.2, 0) is 11.2 Å². The summed E-state index contributed by atoms with van der Waals surface area (Å²) in [5.74, 6) is -3.31. The lowest BCUT2D eigenvalue weighted by Gasteiger charge is -2.33. The monoisotopic (exact) mass is 390 g/mol. The molecule has 0 radical (unpaired) electrons. The second-order valence-corrected chi connectivity index (χ2v) is 6.55. The number of halogens is 5. The van der Waals surface area contributed by atoms with Gasteiger partial charge in [-0.2, -0.15) is 13.2 Å². The number of carboxylic acid groups (broad SMARTS) is 1. The third kappa shape index (κ3) is 3.55. The minimum absolute atomic E-state index is 0.00783. The topological polar surface area (TPSA) is 46.5 Å². The van der Waals surface area contributed by atoms with Crippen molar-refractivity contribution in [3.63, 3.8) is 0 Å². The summed E-state index contributed by atoms with van der Waals surface area (Å²) in [6.45, 7) is 0. The summed E-state index contributed by atoms with van der Waals surface area (Å²) < 4.78 is 45.0. The lowest BCUT2D eigenvalue weighted by Crippen LogP contribution is -2.47. The van der Waals surface area contributed by atoms with Gasteiger partial charge in [-0.25, -0.2) is 0 Å². The first-order chi connectivity index (χ1) is 11.7. The van der Waals surface area contributed by atoms with Crippen LogP contribution in [0.5, 0.6) is 5.75 Å². The van der Waals surface area contributed by atoms with Crippen molar-refractivity contribution in [2.75, 3.05) is 0 Å². The van der Waals surface area contributed by atoms with Gasteiger partial charge in [0.2, 0.25) is 6.10 Å². The van der Waals surface area contributed by atoms with E-state index in [2.05, 4.69) is 0 Å². The molecule has 0 aromatic heterocycles. The fourth-order valence-electron chi connectivity index (χ4n) is 2.85. The summed E-state index contributed by atoms with van der Waals surface area (Å²) in [6.07, 6.45) is -7.56. The van der Waals surface area contributed by atoms with E-state index in [9.17, 15) is 18.0 Å². The van der Waals surface area contributed by atoms with Gasteiger partial charge < -0.3 is 9.84 Å². The predicted molar refractivity (Wildman–Crippen MR) is 87.2 cm³/mol. The molecule has 8 heteroatoms. The van der Waals surface area contributed by atoms with Gasteiger partial charge >= 0.3 is 12.1 Å². The number of aliphatic carboxylic acids is 1. The predicted octanol–water partition coefficient (Wildman–Crippen LogP) is 5.23. The molecular weight excluding hydrogens is 380 g/mol. The molecule has 25 heavy (non-hydrogen) atoms. The zero-order valence-electron chi connectivity index (χ0n) is 12.5. The number of carbonyl (C=O) groups is 1. The van der Waals surface area contributed by atoms with E-state index in [-0.39, 0.29) is 17.2 Å². The van der Waals surface area contributed by atoms with Crippen molar-refractivity contribution < 1.29 is 27.8 Å². The van der Waals surface area contributed by atoms with E-state index >= 15 is 0 Å². The molecule has 0 unspecified atom stereocenters. The maximum Gasteiger partial charge on any atom is 0.426 e. The number of hydrogen-bond acceptors (Lipinski definition) is 2. The van der Waals surface area contributed by atoms with E-state index < -0.39 is 24.2 Å². The molecule has 0 saturated carbocycles. The fourth-order valence-corrected chi connectivity index (χ4v) is 3.22. The summed E-state index contributed by atoms with van der Waals surface area (Å²) in [4.78, 5) is 11.3. The van der Waals surface area contributed by atoms with Gasteiger partial charge in [-0.15, -0.1) is 0 Å². The lowest BCUT2D eigenvalue weighted by atomic mass is 9.88. The standard InChI is InChI=1S/C17H11Cl2F3O3/c18-10-3-1-8(2-4-10)12-7-11(19)5-9-6-13(16(23)24)15(17(20,21)22)25-14(9)12/h1-5,7,13,15H,6H2,(H,23,24)/t13-,15+/m1/s1. The van der Waals surface area contributed by atoms with Crippen molar-refractivity contribution in [3.05, 3.63) is 52.0 Å².